The zero-order valence-electron chi connectivity index (χ0n) is 18.2. The number of allylic oxidation sites excluding steroid dienone is 1. The van der Waals surface area contributed by atoms with Crippen molar-refractivity contribution in [3.05, 3.63) is 60.2 Å². The van der Waals surface area contributed by atoms with E-state index in [2.05, 4.69) is 9.80 Å². The number of aliphatic hydroxyl groups excluding tert-OH is 1. The van der Waals surface area contributed by atoms with E-state index in [9.17, 15) is 9.90 Å². The predicted octanol–water partition coefficient (Wildman–Crippen LogP) is 3.09. The average Bonchev–Trinajstić information content (AvgIpc) is 2.77. The summed E-state index contributed by atoms with van der Waals surface area (Å²) < 4.78 is 11.7. The lowest BCUT2D eigenvalue weighted by Gasteiger charge is -2.41. The lowest BCUT2D eigenvalue weighted by molar-refractivity contribution is -0.131. The molecule has 2 atom stereocenters. The van der Waals surface area contributed by atoms with Crippen LogP contribution in [-0.4, -0.2) is 66.7 Å². The summed E-state index contributed by atoms with van der Waals surface area (Å²) in [5, 5.41) is 19.5. The first-order valence-electron chi connectivity index (χ1n) is 10.4. The van der Waals surface area contributed by atoms with Gasteiger partial charge in [-0.2, -0.15) is 0 Å². The van der Waals surface area contributed by atoms with E-state index in [0.29, 0.717) is 30.0 Å². The first kappa shape index (κ1) is 22.7. The fourth-order valence-electron chi connectivity index (χ4n) is 3.87. The number of benzene rings is 2. The molecule has 1 heterocycles. The number of aliphatic carboxylic acids is 1. The number of carbonyl (C=O) groups is 1. The molecule has 1 saturated heterocycles. The molecule has 0 spiro atoms. The first-order chi connectivity index (χ1) is 14.9. The number of anilines is 1. The second kappa shape index (κ2) is 10.3. The number of carboxylic acid groups (broad SMARTS) is 1. The van der Waals surface area contributed by atoms with Gasteiger partial charge in [-0.15, -0.1) is 0 Å². The van der Waals surface area contributed by atoms with Crippen LogP contribution in [0.1, 0.15) is 19.4 Å². The minimum absolute atomic E-state index is 0.543. The Morgan fingerprint density at radius 1 is 1.03 bits per heavy atom. The van der Waals surface area contributed by atoms with E-state index in [4.69, 9.17) is 14.6 Å². The molecular weight excluding hydrogens is 396 g/mol. The normalized spacial score (nSPS) is 17.2. The fourth-order valence-corrected chi connectivity index (χ4v) is 3.87. The number of ether oxygens (including phenoxy) is 2. The number of para-hydroxylation sites is 3. The van der Waals surface area contributed by atoms with Crippen LogP contribution in [-0.2, 0) is 4.79 Å². The molecule has 0 aliphatic carbocycles. The Labute approximate surface area is 183 Å². The van der Waals surface area contributed by atoms with Crippen LogP contribution in [0.5, 0.6) is 11.5 Å². The SMILES string of the molecule is COc1ccccc1N1CCN(C(Oc2ccccc2C(C)=CC(=O)O)C(C)O)CC1. The first-order valence-corrected chi connectivity index (χ1v) is 10.4. The van der Waals surface area contributed by atoms with Gasteiger partial charge in [-0.3, -0.25) is 4.90 Å². The highest BCUT2D eigenvalue weighted by molar-refractivity contribution is 5.90. The lowest BCUT2D eigenvalue weighted by atomic mass is 10.1. The average molecular weight is 427 g/mol. The monoisotopic (exact) mass is 426 g/mol. The van der Waals surface area contributed by atoms with E-state index in [1.807, 2.05) is 42.5 Å². The molecule has 166 valence electrons. The van der Waals surface area contributed by atoms with Gasteiger partial charge in [0.15, 0.2) is 6.23 Å². The van der Waals surface area contributed by atoms with Crippen LogP contribution >= 0.6 is 0 Å². The minimum Gasteiger partial charge on any atom is -0.495 e. The summed E-state index contributed by atoms with van der Waals surface area (Å²) in [6.45, 7) is 6.40. The highest BCUT2D eigenvalue weighted by Crippen LogP contribution is 2.30. The largest absolute Gasteiger partial charge is 0.495 e. The Morgan fingerprint density at radius 3 is 2.26 bits per heavy atom. The van der Waals surface area contributed by atoms with Crippen LogP contribution in [0.2, 0.25) is 0 Å². The van der Waals surface area contributed by atoms with Gasteiger partial charge in [0.2, 0.25) is 0 Å². The molecule has 1 aliphatic rings. The smallest absolute Gasteiger partial charge is 0.328 e. The molecule has 2 aromatic rings. The molecule has 0 saturated carbocycles. The molecule has 1 fully saturated rings. The van der Waals surface area contributed by atoms with E-state index in [0.717, 1.165) is 30.6 Å². The van der Waals surface area contributed by atoms with Crippen molar-refractivity contribution in [2.75, 3.05) is 38.2 Å². The van der Waals surface area contributed by atoms with Crippen LogP contribution in [0, 0.1) is 0 Å². The maximum atomic E-state index is 11.1. The maximum absolute atomic E-state index is 11.1. The molecule has 0 radical (unpaired) electrons. The molecule has 2 N–H and O–H groups in total. The maximum Gasteiger partial charge on any atom is 0.328 e. The Hall–Kier alpha value is -3.03. The van der Waals surface area contributed by atoms with Crippen LogP contribution in [0.4, 0.5) is 5.69 Å². The number of methoxy groups -OCH3 is 1. The van der Waals surface area contributed by atoms with Crippen molar-refractivity contribution in [2.24, 2.45) is 0 Å². The van der Waals surface area contributed by atoms with Crippen molar-refractivity contribution in [2.45, 2.75) is 26.2 Å². The molecule has 31 heavy (non-hydrogen) atoms. The minimum atomic E-state index is -1.01. The Kier molecular flexibility index (Phi) is 7.55. The fraction of sp³-hybridized carbons (Fsp3) is 0.375. The Morgan fingerprint density at radius 2 is 1.65 bits per heavy atom. The van der Waals surface area contributed by atoms with Gasteiger partial charge < -0.3 is 24.6 Å². The summed E-state index contributed by atoms with van der Waals surface area (Å²) in [6, 6.07) is 15.2. The Balaban J connectivity index is 1.74. The van der Waals surface area contributed by atoms with Crippen LogP contribution in [0.3, 0.4) is 0 Å². The van der Waals surface area contributed by atoms with Crippen molar-refractivity contribution in [3.8, 4) is 11.5 Å². The van der Waals surface area contributed by atoms with Crippen molar-refractivity contribution in [1.29, 1.82) is 0 Å². The molecule has 7 nitrogen and oxygen atoms in total. The van der Waals surface area contributed by atoms with Gasteiger partial charge in [-0.05, 0) is 37.6 Å². The predicted molar refractivity (Wildman–Crippen MR) is 121 cm³/mol. The van der Waals surface area contributed by atoms with E-state index >= 15 is 0 Å². The van der Waals surface area contributed by atoms with Gasteiger partial charge in [0.05, 0.1) is 12.8 Å². The topological polar surface area (TPSA) is 82.5 Å². The highest BCUT2D eigenvalue weighted by Gasteiger charge is 2.30. The second-order valence-corrected chi connectivity index (χ2v) is 7.61. The summed E-state index contributed by atoms with van der Waals surface area (Å²) >= 11 is 0. The van der Waals surface area contributed by atoms with E-state index in [1.165, 1.54) is 0 Å². The van der Waals surface area contributed by atoms with Gasteiger partial charge in [-0.1, -0.05) is 30.3 Å². The summed E-state index contributed by atoms with van der Waals surface area (Å²) in [4.78, 5) is 15.5. The van der Waals surface area contributed by atoms with Crippen molar-refractivity contribution in [3.63, 3.8) is 0 Å². The van der Waals surface area contributed by atoms with Gasteiger partial charge in [0.25, 0.3) is 0 Å². The third kappa shape index (κ3) is 5.57. The van der Waals surface area contributed by atoms with Crippen LogP contribution in [0.25, 0.3) is 5.57 Å². The van der Waals surface area contributed by atoms with E-state index in [-0.39, 0.29) is 0 Å². The molecule has 3 rings (SSSR count). The number of nitrogens with zero attached hydrogens (tertiary/aromatic N) is 2. The molecule has 0 bridgehead atoms. The second-order valence-electron chi connectivity index (χ2n) is 7.61. The molecule has 7 heteroatoms. The van der Waals surface area contributed by atoms with Crippen molar-refractivity contribution in [1.82, 2.24) is 4.90 Å². The number of piperazine rings is 1. The molecule has 1 aliphatic heterocycles. The third-order valence-corrected chi connectivity index (χ3v) is 5.41. The summed E-state index contributed by atoms with van der Waals surface area (Å²) in [6.07, 6.45) is -0.112. The van der Waals surface area contributed by atoms with Crippen molar-refractivity contribution >= 4 is 17.2 Å². The lowest BCUT2D eigenvalue weighted by Crippen LogP contribution is -2.55. The zero-order chi connectivity index (χ0) is 22.4. The van der Waals surface area contributed by atoms with Gasteiger partial charge >= 0.3 is 5.97 Å². The number of hydrogen-bond acceptors (Lipinski definition) is 6. The van der Waals surface area contributed by atoms with Crippen LogP contribution < -0.4 is 14.4 Å². The molecule has 0 aromatic heterocycles. The molecule has 2 unspecified atom stereocenters. The summed E-state index contributed by atoms with van der Waals surface area (Å²) in [5.41, 5.74) is 2.34. The summed E-state index contributed by atoms with van der Waals surface area (Å²) in [7, 11) is 1.67. The van der Waals surface area contributed by atoms with E-state index in [1.54, 1.807) is 27.0 Å². The third-order valence-electron chi connectivity index (χ3n) is 5.41. The quantitative estimate of drug-likeness (QED) is 0.628. The molecular formula is C24H30N2O5. The molecule has 2 aromatic carbocycles. The standard InChI is InChI=1S/C24H30N2O5/c1-17(16-23(28)29)19-8-4-6-10-21(19)31-24(18(2)27)26-14-12-25(13-15-26)20-9-5-7-11-22(20)30-3/h4-11,16,18,24,27H,12-15H2,1-3H3,(H,28,29). The number of hydrogen-bond donors (Lipinski definition) is 2. The Bertz CT molecular complexity index is 920. The van der Waals surface area contributed by atoms with Crippen molar-refractivity contribution < 1.29 is 24.5 Å². The number of rotatable bonds is 8. The van der Waals surface area contributed by atoms with Crippen LogP contribution in [0.15, 0.2) is 54.6 Å². The molecule has 0 amide bonds. The highest BCUT2D eigenvalue weighted by atomic mass is 16.5. The van der Waals surface area contributed by atoms with E-state index < -0.39 is 18.3 Å². The zero-order valence-corrected chi connectivity index (χ0v) is 18.2. The van der Waals surface area contributed by atoms with Gasteiger partial charge in [0.1, 0.15) is 17.6 Å². The number of carboxylic acids is 1. The number of aliphatic hydroxyl groups is 1. The van der Waals surface area contributed by atoms with Gasteiger partial charge in [0, 0.05) is 37.8 Å². The van der Waals surface area contributed by atoms with Gasteiger partial charge in [-0.25, -0.2) is 4.79 Å². The summed E-state index contributed by atoms with van der Waals surface area (Å²) in [5.74, 6) is 0.385.